The quantitative estimate of drug-likeness (QED) is 0.559. The fourth-order valence-corrected chi connectivity index (χ4v) is 7.89. The van der Waals surface area contributed by atoms with Gasteiger partial charge in [-0.2, -0.15) is 4.31 Å². The van der Waals surface area contributed by atoms with Crippen LogP contribution < -0.4 is 0 Å². The summed E-state index contributed by atoms with van der Waals surface area (Å²) >= 11 is 1.39. The van der Waals surface area contributed by atoms with Crippen molar-refractivity contribution in [2.75, 3.05) is 26.2 Å². The van der Waals surface area contributed by atoms with Crippen molar-refractivity contribution in [1.29, 1.82) is 0 Å². The molecular weight excluding hydrogens is 456 g/mol. The second kappa shape index (κ2) is 8.45. The number of sulfonamides is 1. The van der Waals surface area contributed by atoms with Crippen molar-refractivity contribution < 1.29 is 13.2 Å². The van der Waals surface area contributed by atoms with E-state index >= 15 is 0 Å². The SMILES string of the molecule is Cc1nc(C)c2c(C)c(C(=O)N3CCN(S(=O)(=O)c4c(C)c(C)cc(C)c4C)CC3)sc2n1. The highest BCUT2D eigenvalue weighted by atomic mass is 32.2. The molecule has 0 spiro atoms. The first kappa shape index (κ1) is 23.8. The van der Waals surface area contributed by atoms with Crippen molar-refractivity contribution in [2.24, 2.45) is 0 Å². The van der Waals surface area contributed by atoms with Crippen molar-refractivity contribution in [3.05, 3.63) is 50.3 Å². The summed E-state index contributed by atoms with van der Waals surface area (Å²) in [4.78, 5) is 25.9. The first-order chi connectivity index (χ1) is 15.4. The minimum Gasteiger partial charge on any atom is -0.335 e. The second-order valence-electron chi connectivity index (χ2n) is 8.88. The highest BCUT2D eigenvalue weighted by Gasteiger charge is 2.34. The molecule has 1 saturated heterocycles. The molecule has 1 aliphatic heterocycles. The van der Waals surface area contributed by atoms with E-state index in [2.05, 4.69) is 9.97 Å². The fraction of sp³-hybridized carbons (Fsp3) is 0.458. The van der Waals surface area contributed by atoms with Gasteiger partial charge in [-0.25, -0.2) is 18.4 Å². The summed E-state index contributed by atoms with van der Waals surface area (Å²) in [6.45, 7) is 14.6. The van der Waals surface area contributed by atoms with Crippen LogP contribution >= 0.6 is 11.3 Å². The maximum atomic E-state index is 13.5. The molecule has 1 aromatic carbocycles. The van der Waals surface area contributed by atoms with E-state index in [1.807, 2.05) is 54.5 Å². The molecule has 3 heterocycles. The van der Waals surface area contributed by atoms with Crippen LogP contribution in [-0.4, -0.2) is 59.7 Å². The minimum absolute atomic E-state index is 0.0663. The number of benzene rings is 1. The molecular formula is C24H30N4O3S2. The molecule has 3 aromatic rings. The molecule has 9 heteroatoms. The van der Waals surface area contributed by atoms with E-state index in [4.69, 9.17) is 0 Å². The van der Waals surface area contributed by atoms with E-state index in [1.54, 1.807) is 4.90 Å². The molecule has 1 fully saturated rings. The largest absolute Gasteiger partial charge is 0.335 e. The highest BCUT2D eigenvalue weighted by Crippen LogP contribution is 2.33. The number of nitrogens with zero attached hydrogens (tertiary/aromatic N) is 4. The number of aromatic nitrogens is 2. The number of fused-ring (bicyclic) bond motifs is 1. The lowest BCUT2D eigenvalue weighted by Gasteiger charge is -2.34. The average molecular weight is 487 g/mol. The third-order valence-corrected chi connectivity index (χ3v) is 10.0. The Balaban J connectivity index is 1.58. The van der Waals surface area contributed by atoms with Crippen LogP contribution in [0.4, 0.5) is 0 Å². The van der Waals surface area contributed by atoms with Gasteiger partial charge in [-0.1, -0.05) is 6.07 Å². The number of carbonyl (C=O) groups is 1. The molecule has 0 aliphatic carbocycles. The predicted octanol–water partition coefficient (Wildman–Crippen LogP) is 4.00. The van der Waals surface area contributed by atoms with Gasteiger partial charge in [0.1, 0.15) is 10.7 Å². The lowest BCUT2D eigenvalue weighted by Crippen LogP contribution is -2.50. The van der Waals surface area contributed by atoms with Crippen molar-refractivity contribution >= 4 is 37.5 Å². The number of hydrogen-bond donors (Lipinski definition) is 0. The van der Waals surface area contributed by atoms with Crippen LogP contribution in [0.3, 0.4) is 0 Å². The number of aryl methyl sites for hydroxylation is 5. The van der Waals surface area contributed by atoms with Crippen LogP contribution in [0.1, 0.15) is 49.0 Å². The van der Waals surface area contributed by atoms with Crippen molar-refractivity contribution in [3.8, 4) is 0 Å². The van der Waals surface area contributed by atoms with E-state index in [0.717, 1.165) is 43.7 Å². The maximum Gasteiger partial charge on any atom is 0.264 e. The van der Waals surface area contributed by atoms with E-state index < -0.39 is 10.0 Å². The number of rotatable bonds is 3. The molecule has 0 saturated carbocycles. The lowest BCUT2D eigenvalue weighted by molar-refractivity contribution is 0.0702. The van der Waals surface area contributed by atoms with Crippen LogP contribution in [0.5, 0.6) is 0 Å². The molecule has 0 atom stereocenters. The van der Waals surface area contributed by atoms with Gasteiger partial charge in [0.25, 0.3) is 5.91 Å². The molecule has 0 radical (unpaired) electrons. The van der Waals surface area contributed by atoms with E-state index in [-0.39, 0.29) is 19.0 Å². The third kappa shape index (κ3) is 3.96. The zero-order valence-electron chi connectivity index (χ0n) is 20.2. The number of piperazine rings is 1. The van der Waals surface area contributed by atoms with Gasteiger partial charge >= 0.3 is 0 Å². The maximum absolute atomic E-state index is 13.5. The Bertz CT molecular complexity index is 1360. The zero-order valence-corrected chi connectivity index (χ0v) is 21.9. The van der Waals surface area contributed by atoms with E-state index in [0.29, 0.717) is 28.7 Å². The predicted molar refractivity (Wildman–Crippen MR) is 132 cm³/mol. The number of carbonyl (C=O) groups excluding carboxylic acids is 1. The van der Waals surface area contributed by atoms with Crippen LogP contribution in [0.2, 0.25) is 0 Å². The Hall–Kier alpha value is -2.36. The molecule has 0 bridgehead atoms. The first-order valence-corrected chi connectivity index (χ1v) is 13.3. The van der Waals surface area contributed by atoms with Gasteiger partial charge in [-0.3, -0.25) is 4.79 Å². The van der Waals surface area contributed by atoms with Gasteiger partial charge in [0.15, 0.2) is 0 Å². The topological polar surface area (TPSA) is 83.5 Å². The van der Waals surface area contributed by atoms with Gasteiger partial charge in [0, 0.05) is 37.3 Å². The Labute approximate surface area is 199 Å². The normalized spacial score (nSPS) is 15.4. The molecule has 0 unspecified atom stereocenters. The number of amides is 1. The van der Waals surface area contributed by atoms with Crippen LogP contribution in [0, 0.1) is 48.5 Å². The second-order valence-corrected chi connectivity index (χ2v) is 11.8. The highest BCUT2D eigenvalue weighted by molar-refractivity contribution is 7.89. The Morgan fingerprint density at radius 2 is 1.45 bits per heavy atom. The average Bonchev–Trinajstić information content (AvgIpc) is 3.08. The summed E-state index contributed by atoms with van der Waals surface area (Å²) in [6, 6.07) is 2.03. The lowest BCUT2D eigenvalue weighted by atomic mass is 10.0. The molecule has 0 N–H and O–H groups in total. The van der Waals surface area contributed by atoms with Crippen molar-refractivity contribution in [3.63, 3.8) is 0 Å². The van der Waals surface area contributed by atoms with Gasteiger partial charge in [0.2, 0.25) is 10.0 Å². The smallest absolute Gasteiger partial charge is 0.264 e. The molecule has 1 aliphatic rings. The van der Waals surface area contributed by atoms with Gasteiger partial charge in [-0.05, 0) is 76.3 Å². The zero-order chi connectivity index (χ0) is 24.2. The van der Waals surface area contributed by atoms with Gasteiger partial charge in [-0.15, -0.1) is 11.3 Å². The molecule has 1 amide bonds. The summed E-state index contributed by atoms with van der Waals surface area (Å²) in [5.74, 6) is 0.624. The molecule has 33 heavy (non-hydrogen) atoms. The van der Waals surface area contributed by atoms with Crippen LogP contribution in [0.15, 0.2) is 11.0 Å². The summed E-state index contributed by atoms with van der Waals surface area (Å²) in [5, 5.41) is 0.941. The molecule has 7 nitrogen and oxygen atoms in total. The van der Waals surface area contributed by atoms with Crippen molar-refractivity contribution in [1.82, 2.24) is 19.2 Å². The van der Waals surface area contributed by atoms with Crippen LogP contribution in [-0.2, 0) is 10.0 Å². The number of thiophene rings is 1. The Kier molecular flexibility index (Phi) is 6.09. The van der Waals surface area contributed by atoms with Gasteiger partial charge < -0.3 is 4.90 Å². The van der Waals surface area contributed by atoms with Crippen LogP contribution in [0.25, 0.3) is 10.2 Å². The summed E-state index contributed by atoms with van der Waals surface area (Å²) < 4.78 is 28.6. The molecule has 176 valence electrons. The fourth-order valence-electron chi connectivity index (χ4n) is 4.65. The summed E-state index contributed by atoms with van der Waals surface area (Å²) in [7, 11) is -3.64. The third-order valence-electron chi connectivity index (χ3n) is 6.70. The monoisotopic (exact) mass is 486 g/mol. The molecule has 4 rings (SSSR count). The van der Waals surface area contributed by atoms with Crippen molar-refractivity contribution in [2.45, 2.75) is 53.4 Å². The Morgan fingerprint density at radius 3 is 2.03 bits per heavy atom. The minimum atomic E-state index is -3.64. The molecule has 2 aromatic heterocycles. The first-order valence-electron chi connectivity index (χ1n) is 11.0. The van der Waals surface area contributed by atoms with Gasteiger partial charge in [0.05, 0.1) is 9.77 Å². The Morgan fingerprint density at radius 1 is 0.879 bits per heavy atom. The van der Waals surface area contributed by atoms with E-state index in [1.165, 1.54) is 15.6 Å². The van der Waals surface area contributed by atoms with E-state index in [9.17, 15) is 13.2 Å². The number of hydrogen-bond acceptors (Lipinski definition) is 6. The summed E-state index contributed by atoms with van der Waals surface area (Å²) in [5.41, 5.74) is 5.31. The summed E-state index contributed by atoms with van der Waals surface area (Å²) in [6.07, 6.45) is 0. The standard InChI is InChI=1S/C24H30N4O3S2/c1-13-12-14(2)16(4)22(15(13)3)33(30,31)28-10-8-27(9-11-28)24(29)21-17(5)20-18(6)25-19(7)26-23(20)32-21/h12H,8-11H2,1-7H3.